The second-order valence-electron chi connectivity index (χ2n) is 12.1. The summed E-state index contributed by atoms with van der Waals surface area (Å²) in [5.41, 5.74) is 5.25. The van der Waals surface area contributed by atoms with Crippen LogP contribution in [-0.2, 0) is 24.1 Å². The number of amides is 1. The molecule has 4 heterocycles. The van der Waals surface area contributed by atoms with Crippen LogP contribution >= 0.6 is 0 Å². The molecule has 9 nitrogen and oxygen atoms in total. The molecule has 6 rings (SSSR count). The molecule has 3 unspecified atom stereocenters. The molecule has 0 spiro atoms. The summed E-state index contributed by atoms with van der Waals surface area (Å²) < 4.78 is 0. The number of aryl methyl sites for hydroxylation is 1. The first-order valence-electron chi connectivity index (χ1n) is 15.2. The van der Waals surface area contributed by atoms with Gasteiger partial charge in [-0.1, -0.05) is 24.8 Å². The molecule has 0 saturated carbocycles. The third kappa shape index (κ3) is 5.38. The van der Waals surface area contributed by atoms with Crippen LogP contribution in [-0.4, -0.2) is 97.2 Å². The number of carbonyl (C=O) groups excluding carboxylic acids is 1. The summed E-state index contributed by atoms with van der Waals surface area (Å²) in [5.74, 6) is 1.72. The molecule has 1 amide bonds. The molecular formula is C32H42N8O. The Labute approximate surface area is 244 Å². The van der Waals surface area contributed by atoms with Gasteiger partial charge in [-0.05, 0) is 63.9 Å². The molecule has 41 heavy (non-hydrogen) atoms. The van der Waals surface area contributed by atoms with E-state index in [-0.39, 0.29) is 11.9 Å². The van der Waals surface area contributed by atoms with Gasteiger partial charge >= 0.3 is 0 Å². The lowest BCUT2D eigenvalue weighted by molar-refractivity contribution is -0.128. The molecule has 1 aliphatic carbocycles. The van der Waals surface area contributed by atoms with Gasteiger partial charge in [0.1, 0.15) is 5.82 Å². The number of rotatable bonds is 6. The van der Waals surface area contributed by atoms with E-state index in [0.29, 0.717) is 38.1 Å². The number of fused-ring (bicyclic) bond motifs is 2. The molecule has 1 aromatic carbocycles. The first-order chi connectivity index (χ1) is 20.0. The predicted molar refractivity (Wildman–Crippen MR) is 162 cm³/mol. The summed E-state index contributed by atoms with van der Waals surface area (Å²) >= 11 is 0. The van der Waals surface area contributed by atoms with Gasteiger partial charge in [0.2, 0.25) is 11.9 Å². The Morgan fingerprint density at radius 3 is 2.73 bits per heavy atom. The van der Waals surface area contributed by atoms with E-state index in [1.807, 2.05) is 0 Å². The van der Waals surface area contributed by atoms with Crippen LogP contribution in [0.5, 0.6) is 0 Å². The first kappa shape index (κ1) is 27.5. The monoisotopic (exact) mass is 554 g/mol. The molecule has 2 aromatic rings. The summed E-state index contributed by atoms with van der Waals surface area (Å²) in [4.78, 5) is 34.5. The maximum absolute atomic E-state index is 12.6. The van der Waals surface area contributed by atoms with E-state index >= 15 is 0 Å². The number of nitrogens with zero attached hydrogens (tertiary/aromatic N) is 8. The van der Waals surface area contributed by atoms with Crippen molar-refractivity contribution in [3.8, 4) is 6.07 Å². The molecule has 0 radical (unpaired) electrons. The first-order valence-corrected chi connectivity index (χ1v) is 15.2. The van der Waals surface area contributed by atoms with Gasteiger partial charge in [-0.3, -0.25) is 4.79 Å². The Kier molecular flexibility index (Phi) is 7.85. The number of anilines is 3. The zero-order chi connectivity index (χ0) is 28.5. The van der Waals surface area contributed by atoms with E-state index in [1.54, 1.807) is 4.90 Å². The number of benzene rings is 1. The summed E-state index contributed by atoms with van der Waals surface area (Å²) in [7, 11) is 4.29. The van der Waals surface area contributed by atoms with E-state index in [0.717, 1.165) is 63.5 Å². The Hall–Kier alpha value is -3.64. The average molecular weight is 555 g/mol. The molecule has 1 aromatic heterocycles. The smallest absolute Gasteiger partial charge is 0.246 e. The highest BCUT2D eigenvalue weighted by atomic mass is 16.2. The average Bonchev–Trinajstić information content (AvgIpc) is 3.51. The molecule has 0 N–H and O–H groups in total. The minimum atomic E-state index is -0.181. The lowest BCUT2D eigenvalue weighted by atomic mass is 9.88. The summed E-state index contributed by atoms with van der Waals surface area (Å²) in [5, 5.41) is 9.55. The number of nitriles is 1. The van der Waals surface area contributed by atoms with Gasteiger partial charge in [-0.2, -0.15) is 10.2 Å². The number of para-hydroxylation sites is 1. The van der Waals surface area contributed by atoms with Gasteiger partial charge in [0, 0.05) is 69.0 Å². The molecule has 2 saturated heterocycles. The second kappa shape index (κ2) is 11.7. The van der Waals surface area contributed by atoms with Crippen LogP contribution in [0.3, 0.4) is 0 Å². The quantitative estimate of drug-likeness (QED) is 0.504. The maximum atomic E-state index is 12.6. The third-order valence-electron chi connectivity index (χ3n) is 9.55. The zero-order valence-electron chi connectivity index (χ0n) is 24.5. The van der Waals surface area contributed by atoms with E-state index in [2.05, 4.69) is 70.6 Å². The number of likely N-dealkylation sites (N-methyl/N-ethyl adjacent to an activating group) is 1. The highest BCUT2D eigenvalue weighted by molar-refractivity contribution is 5.87. The van der Waals surface area contributed by atoms with Crippen molar-refractivity contribution < 1.29 is 4.79 Å². The normalized spacial score (nSPS) is 24.2. The Morgan fingerprint density at radius 2 is 1.95 bits per heavy atom. The Morgan fingerprint density at radius 1 is 1.10 bits per heavy atom. The fourth-order valence-electron chi connectivity index (χ4n) is 7.26. The van der Waals surface area contributed by atoms with Crippen molar-refractivity contribution >= 4 is 23.4 Å². The summed E-state index contributed by atoms with van der Waals surface area (Å²) in [6, 6.07) is 11.9. The third-order valence-corrected chi connectivity index (χ3v) is 9.55. The maximum Gasteiger partial charge on any atom is 0.246 e. The summed E-state index contributed by atoms with van der Waals surface area (Å²) in [6.45, 7) is 8.48. The topological polar surface area (TPSA) is 82.8 Å². The standard InChI is InChI=1S/C32H42N8O/c1-4-30(41)40-19-18-37(22-26(40)13-15-33)31-27-12-11-24(39-16-7-9-23-8-5-6-10-29(23)39)20-28(27)34-32(35-31)38-17-14-25(21-38)36(2)3/h4-6,8,10,24-26H,1,7,9,11-14,16-22H2,2-3H3. The molecule has 2 fully saturated rings. The van der Waals surface area contributed by atoms with Gasteiger partial charge in [0.25, 0.3) is 0 Å². The van der Waals surface area contributed by atoms with Crippen molar-refractivity contribution in [3.05, 3.63) is 53.7 Å². The number of hydrogen-bond donors (Lipinski definition) is 0. The van der Waals surface area contributed by atoms with E-state index in [9.17, 15) is 10.1 Å². The van der Waals surface area contributed by atoms with Crippen LogP contribution in [0.25, 0.3) is 0 Å². The highest BCUT2D eigenvalue weighted by Crippen LogP contribution is 2.37. The Bertz CT molecular complexity index is 1340. The molecule has 3 atom stereocenters. The SMILES string of the molecule is C=CC(=O)N1CCN(c2nc(N3CCC(N(C)C)C3)nc3c2CCC(N2CCCc4ccccc42)C3)CC1CC#N. The van der Waals surface area contributed by atoms with Gasteiger partial charge in [-0.25, -0.2) is 4.98 Å². The predicted octanol–water partition coefficient (Wildman–Crippen LogP) is 3.04. The lowest BCUT2D eigenvalue weighted by Gasteiger charge is -2.43. The molecule has 3 aliphatic heterocycles. The van der Waals surface area contributed by atoms with E-state index in [1.165, 1.54) is 35.0 Å². The fourth-order valence-corrected chi connectivity index (χ4v) is 7.26. The van der Waals surface area contributed by atoms with Crippen LogP contribution in [0.15, 0.2) is 36.9 Å². The number of aromatic nitrogens is 2. The number of hydrogen-bond acceptors (Lipinski definition) is 8. The van der Waals surface area contributed by atoms with Gasteiger partial charge < -0.3 is 24.5 Å². The van der Waals surface area contributed by atoms with Crippen molar-refractivity contribution in [2.24, 2.45) is 0 Å². The van der Waals surface area contributed by atoms with Crippen molar-refractivity contribution in [1.29, 1.82) is 5.26 Å². The van der Waals surface area contributed by atoms with Crippen LogP contribution in [0.1, 0.15) is 42.5 Å². The number of piperazine rings is 1. The van der Waals surface area contributed by atoms with Gasteiger partial charge in [0.15, 0.2) is 0 Å². The molecule has 9 heteroatoms. The number of carbonyl (C=O) groups is 1. The largest absolute Gasteiger partial charge is 0.368 e. The van der Waals surface area contributed by atoms with Crippen molar-refractivity contribution in [2.75, 3.05) is 68.1 Å². The van der Waals surface area contributed by atoms with Crippen LogP contribution < -0.4 is 14.7 Å². The molecule has 216 valence electrons. The minimum absolute atomic E-state index is 0.105. The zero-order valence-corrected chi connectivity index (χ0v) is 24.5. The van der Waals surface area contributed by atoms with Crippen LogP contribution in [0.4, 0.5) is 17.5 Å². The summed E-state index contributed by atoms with van der Waals surface area (Å²) in [6.07, 6.45) is 8.01. The van der Waals surface area contributed by atoms with Crippen LogP contribution in [0.2, 0.25) is 0 Å². The Balaban J connectivity index is 1.33. The molecule has 4 aliphatic rings. The van der Waals surface area contributed by atoms with Crippen LogP contribution in [0, 0.1) is 11.3 Å². The van der Waals surface area contributed by atoms with E-state index < -0.39 is 0 Å². The van der Waals surface area contributed by atoms with Gasteiger partial charge in [0.05, 0.1) is 24.2 Å². The van der Waals surface area contributed by atoms with Crippen molar-refractivity contribution in [2.45, 2.75) is 63.1 Å². The van der Waals surface area contributed by atoms with Gasteiger partial charge in [-0.15, -0.1) is 0 Å². The van der Waals surface area contributed by atoms with E-state index in [4.69, 9.17) is 9.97 Å². The lowest BCUT2D eigenvalue weighted by Crippen LogP contribution is -2.55. The highest BCUT2D eigenvalue weighted by Gasteiger charge is 2.36. The second-order valence-corrected chi connectivity index (χ2v) is 12.1. The fraction of sp³-hybridized carbons (Fsp3) is 0.562. The molecule has 0 bridgehead atoms. The van der Waals surface area contributed by atoms with Crippen molar-refractivity contribution in [3.63, 3.8) is 0 Å². The van der Waals surface area contributed by atoms with Crippen molar-refractivity contribution in [1.82, 2.24) is 19.8 Å². The molecular weight excluding hydrogens is 512 g/mol. The minimum Gasteiger partial charge on any atom is -0.368 e.